The minimum atomic E-state index is 0.240. The Labute approximate surface area is 89.9 Å². The molecule has 0 aromatic heterocycles. The van der Waals surface area contributed by atoms with Gasteiger partial charge in [-0.05, 0) is 36.7 Å². The van der Waals surface area contributed by atoms with E-state index in [2.05, 4.69) is 0 Å². The maximum absolute atomic E-state index is 5.52. The van der Waals surface area contributed by atoms with Gasteiger partial charge in [0.05, 0.1) is 7.11 Å². The Balaban J connectivity index is 2.82. The van der Waals surface area contributed by atoms with Gasteiger partial charge in [-0.1, -0.05) is 0 Å². The van der Waals surface area contributed by atoms with Gasteiger partial charge in [-0.2, -0.15) is 0 Å². The molecule has 1 aromatic carbocycles. The van der Waals surface area contributed by atoms with Crippen LogP contribution in [0.4, 0.5) is 0 Å². The van der Waals surface area contributed by atoms with Crippen LogP contribution in [0, 0.1) is 0 Å². The highest BCUT2D eigenvalue weighted by Gasteiger charge is 2.04. The number of rotatable bonds is 6. The molecule has 0 bridgehead atoms. The largest absolute Gasteiger partial charge is 0.497 e. The Morgan fingerprint density at radius 1 is 1.27 bits per heavy atom. The molecule has 0 unspecified atom stereocenters. The summed E-state index contributed by atoms with van der Waals surface area (Å²) >= 11 is 0. The molecule has 2 N–H and O–H groups in total. The molecule has 15 heavy (non-hydrogen) atoms. The van der Waals surface area contributed by atoms with E-state index in [1.165, 1.54) is 0 Å². The van der Waals surface area contributed by atoms with Gasteiger partial charge in [0, 0.05) is 7.11 Å². The number of hydrogen-bond acceptors (Lipinski definition) is 4. The van der Waals surface area contributed by atoms with Gasteiger partial charge >= 0.3 is 0 Å². The van der Waals surface area contributed by atoms with Crippen molar-refractivity contribution in [2.45, 2.75) is 6.42 Å². The Bertz CT molecular complexity index is 302. The van der Waals surface area contributed by atoms with E-state index in [0.29, 0.717) is 6.54 Å². The Hall–Kier alpha value is -1.26. The Morgan fingerprint density at radius 2 is 2.07 bits per heavy atom. The first-order valence-electron chi connectivity index (χ1n) is 4.80. The third-order valence-electron chi connectivity index (χ3n) is 2.01. The Morgan fingerprint density at radius 3 is 2.67 bits per heavy atom. The van der Waals surface area contributed by atoms with Crippen LogP contribution in [-0.4, -0.2) is 27.6 Å². The first kappa shape index (κ1) is 11.8. The fourth-order valence-corrected chi connectivity index (χ4v) is 1.30. The number of benzene rings is 1. The normalized spacial score (nSPS) is 10.1. The van der Waals surface area contributed by atoms with Gasteiger partial charge < -0.3 is 19.9 Å². The molecule has 0 spiro atoms. The smallest absolute Gasteiger partial charge is 0.188 e. The van der Waals surface area contributed by atoms with Crippen LogP contribution in [0.25, 0.3) is 0 Å². The lowest BCUT2D eigenvalue weighted by Gasteiger charge is -2.11. The third kappa shape index (κ3) is 3.42. The zero-order valence-corrected chi connectivity index (χ0v) is 9.16. The summed E-state index contributed by atoms with van der Waals surface area (Å²) in [4.78, 5) is 0. The molecule has 1 rings (SSSR count). The average molecular weight is 211 g/mol. The van der Waals surface area contributed by atoms with Crippen LogP contribution in [0.5, 0.6) is 11.5 Å². The van der Waals surface area contributed by atoms with E-state index >= 15 is 0 Å². The fraction of sp³-hybridized carbons (Fsp3) is 0.455. The minimum Gasteiger partial charge on any atom is -0.497 e. The van der Waals surface area contributed by atoms with E-state index in [1.54, 1.807) is 14.2 Å². The summed E-state index contributed by atoms with van der Waals surface area (Å²) in [7, 11) is 3.23. The van der Waals surface area contributed by atoms with Crippen molar-refractivity contribution in [2.24, 2.45) is 5.73 Å². The molecule has 0 radical (unpaired) electrons. The molecular weight excluding hydrogens is 194 g/mol. The van der Waals surface area contributed by atoms with Gasteiger partial charge in [-0.3, -0.25) is 0 Å². The molecule has 1 aromatic rings. The Kier molecular flexibility index (Phi) is 4.93. The van der Waals surface area contributed by atoms with Crippen LogP contribution in [0.3, 0.4) is 0 Å². The van der Waals surface area contributed by atoms with E-state index in [-0.39, 0.29) is 6.79 Å². The van der Waals surface area contributed by atoms with Crippen LogP contribution < -0.4 is 15.2 Å². The average Bonchev–Trinajstić information content (AvgIpc) is 2.27. The summed E-state index contributed by atoms with van der Waals surface area (Å²) in [5.41, 5.74) is 6.56. The summed E-state index contributed by atoms with van der Waals surface area (Å²) < 4.78 is 15.4. The van der Waals surface area contributed by atoms with E-state index < -0.39 is 0 Å². The van der Waals surface area contributed by atoms with Crippen molar-refractivity contribution in [3.8, 4) is 11.5 Å². The van der Waals surface area contributed by atoms with Gasteiger partial charge in [0.15, 0.2) is 6.79 Å². The van der Waals surface area contributed by atoms with E-state index in [4.69, 9.17) is 19.9 Å². The third-order valence-corrected chi connectivity index (χ3v) is 2.01. The predicted octanol–water partition coefficient (Wildman–Crippen LogP) is 1.18. The fourth-order valence-electron chi connectivity index (χ4n) is 1.30. The van der Waals surface area contributed by atoms with E-state index in [1.807, 2.05) is 18.2 Å². The molecule has 4 nitrogen and oxygen atoms in total. The number of methoxy groups -OCH3 is 2. The van der Waals surface area contributed by atoms with Crippen molar-refractivity contribution in [2.75, 3.05) is 27.6 Å². The van der Waals surface area contributed by atoms with E-state index in [9.17, 15) is 0 Å². The van der Waals surface area contributed by atoms with Crippen molar-refractivity contribution in [1.29, 1.82) is 0 Å². The summed E-state index contributed by atoms with van der Waals surface area (Å²) in [6.07, 6.45) is 0.760. The van der Waals surface area contributed by atoms with Crippen LogP contribution in [0.15, 0.2) is 18.2 Å². The van der Waals surface area contributed by atoms with E-state index in [0.717, 1.165) is 23.5 Å². The number of ether oxygens (including phenoxy) is 3. The SMILES string of the molecule is COCOc1ccc(OC)cc1CCN. The quantitative estimate of drug-likeness (QED) is 0.718. The van der Waals surface area contributed by atoms with Gasteiger partial charge in [0.25, 0.3) is 0 Å². The first-order valence-corrected chi connectivity index (χ1v) is 4.80. The molecule has 0 aliphatic heterocycles. The molecular formula is C11H17NO3. The van der Waals surface area contributed by atoms with Crippen LogP contribution in [-0.2, 0) is 11.2 Å². The summed E-state index contributed by atoms with van der Waals surface area (Å²) in [5.74, 6) is 1.60. The second-order valence-corrected chi connectivity index (χ2v) is 3.06. The molecule has 0 saturated carbocycles. The zero-order valence-electron chi connectivity index (χ0n) is 9.16. The maximum atomic E-state index is 5.52. The molecule has 4 heteroatoms. The summed E-state index contributed by atoms with van der Waals surface area (Å²) in [6, 6.07) is 5.64. The molecule has 0 amide bonds. The summed E-state index contributed by atoms with van der Waals surface area (Å²) in [5, 5.41) is 0. The van der Waals surface area contributed by atoms with Crippen LogP contribution >= 0.6 is 0 Å². The van der Waals surface area contributed by atoms with Gasteiger partial charge in [-0.15, -0.1) is 0 Å². The molecule has 0 fully saturated rings. The molecule has 0 heterocycles. The number of hydrogen-bond donors (Lipinski definition) is 1. The minimum absolute atomic E-state index is 0.240. The standard InChI is InChI=1S/C11H17NO3/c1-13-8-15-11-4-3-10(14-2)7-9(11)5-6-12/h3-4,7H,5-6,8,12H2,1-2H3. The molecule has 0 atom stereocenters. The summed E-state index contributed by atoms with van der Waals surface area (Å²) in [6.45, 7) is 0.820. The van der Waals surface area contributed by atoms with Gasteiger partial charge in [-0.25, -0.2) is 0 Å². The molecule has 0 saturated heterocycles. The molecule has 84 valence electrons. The maximum Gasteiger partial charge on any atom is 0.188 e. The van der Waals surface area contributed by atoms with Crippen LogP contribution in [0.1, 0.15) is 5.56 Å². The lowest BCUT2D eigenvalue weighted by molar-refractivity contribution is 0.0504. The van der Waals surface area contributed by atoms with Gasteiger partial charge in [0.2, 0.25) is 0 Å². The van der Waals surface area contributed by atoms with Crippen molar-refractivity contribution >= 4 is 0 Å². The highest BCUT2D eigenvalue weighted by Crippen LogP contribution is 2.24. The highest BCUT2D eigenvalue weighted by atomic mass is 16.7. The van der Waals surface area contributed by atoms with Crippen LogP contribution in [0.2, 0.25) is 0 Å². The lowest BCUT2D eigenvalue weighted by Crippen LogP contribution is -2.07. The second-order valence-electron chi connectivity index (χ2n) is 3.06. The van der Waals surface area contributed by atoms with Gasteiger partial charge in [0.1, 0.15) is 11.5 Å². The molecule has 0 aliphatic rings. The monoisotopic (exact) mass is 211 g/mol. The van der Waals surface area contributed by atoms with Crippen molar-refractivity contribution in [3.63, 3.8) is 0 Å². The molecule has 0 aliphatic carbocycles. The topological polar surface area (TPSA) is 53.7 Å². The predicted molar refractivity (Wildman–Crippen MR) is 58.3 cm³/mol. The van der Waals surface area contributed by atoms with Crippen molar-refractivity contribution < 1.29 is 14.2 Å². The lowest BCUT2D eigenvalue weighted by atomic mass is 10.1. The highest BCUT2D eigenvalue weighted by molar-refractivity contribution is 5.40. The van der Waals surface area contributed by atoms with Crippen molar-refractivity contribution in [3.05, 3.63) is 23.8 Å². The second kappa shape index (κ2) is 6.27. The number of nitrogens with two attached hydrogens (primary N) is 1. The van der Waals surface area contributed by atoms with Crippen molar-refractivity contribution in [1.82, 2.24) is 0 Å². The zero-order chi connectivity index (χ0) is 11.1. The first-order chi connectivity index (χ1) is 7.31.